The Bertz CT molecular complexity index is 768. The first-order valence-electron chi connectivity index (χ1n) is 7.11. The van der Waals surface area contributed by atoms with E-state index in [9.17, 15) is 5.11 Å². The molecule has 0 amide bonds. The molecule has 0 spiro atoms. The van der Waals surface area contributed by atoms with Crippen molar-refractivity contribution >= 4 is 28.4 Å². The Hall–Kier alpha value is -2.04. The van der Waals surface area contributed by atoms with Crippen molar-refractivity contribution < 1.29 is 9.52 Å². The maximum Gasteiger partial charge on any atom is 0.227 e. The molecule has 0 fully saturated rings. The van der Waals surface area contributed by atoms with Gasteiger partial charge in [0.05, 0.1) is 12.0 Å². The molecule has 2 aromatic carbocycles. The van der Waals surface area contributed by atoms with Crippen LogP contribution in [0, 0.1) is 6.92 Å². The first kappa shape index (κ1) is 14.9. The number of aromatic nitrogens is 1. The molecule has 0 saturated carbocycles. The predicted molar refractivity (Wildman–Crippen MR) is 89.4 cm³/mol. The second-order valence-corrected chi connectivity index (χ2v) is 5.57. The zero-order valence-corrected chi connectivity index (χ0v) is 13.0. The highest BCUT2D eigenvalue weighted by Crippen LogP contribution is 2.26. The van der Waals surface area contributed by atoms with Crippen molar-refractivity contribution in [3.05, 3.63) is 48.0 Å². The lowest BCUT2D eigenvalue weighted by Crippen LogP contribution is -2.20. The maximum atomic E-state index is 9.48. The Labute approximate surface area is 133 Å². The highest BCUT2D eigenvalue weighted by atomic mass is 35.5. The standard InChI is InChI=1S/C17H17ClN2O2/c1-11-2-4-12(5-3-11)17-20-15-7-6-13(8-16(15)22-17)19-10-14(21)9-18/h2-8,14,19,21H,9-10H2,1H3. The van der Waals surface area contributed by atoms with Crippen molar-refractivity contribution in [3.63, 3.8) is 0 Å². The third-order valence-corrected chi connectivity index (χ3v) is 3.76. The van der Waals surface area contributed by atoms with Gasteiger partial charge < -0.3 is 14.8 Å². The minimum Gasteiger partial charge on any atom is -0.436 e. The number of aryl methyl sites for hydroxylation is 1. The molecule has 0 aliphatic carbocycles. The first-order valence-corrected chi connectivity index (χ1v) is 7.64. The molecule has 3 rings (SSSR count). The van der Waals surface area contributed by atoms with Gasteiger partial charge in [-0.15, -0.1) is 11.6 Å². The third kappa shape index (κ3) is 3.24. The number of halogens is 1. The van der Waals surface area contributed by atoms with E-state index in [4.69, 9.17) is 16.0 Å². The van der Waals surface area contributed by atoms with Crippen molar-refractivity contribution in [1.82, 2.24) is 4.98 Å². The summed E-state index contributed by atoms with van der Waals surface area (Å²) in [7, 11) is 0. The van der Waals surface area contributed by atoms with Crippen molar-refractivity contribution in [2.45, 2.75) is 13.0 Å². The number of anilines is 1. The van der Waals surface area contributed by atoms with Gasteiger partial charge in [-0.3, -0.25) is 0 Å². The molecule has 5 heteroatoms. The van der Waals surface area contributed by atoms with Crippen LogP contribution in [0.25, 0.3) is 22.6 Å². The summed E-state index contributed by atoms with van der Waals surface area (Å²) in [5.74, 6) is 0.808. The van der Waals surface area contributed by atoms with E-state index in [1.165, 1.54) is 5.56 Å². The van der Waals surface area contributed by atoms with Gasteiger partial charge in [0.2, 0.25) is 5.89 Å². The predicted octanol–water partition coefficient (Wildman–Crippen LogP) is 3.81. The van der Waals surface area contributed by atoms with Crippen molar-refractivity contribution in [2.75, 3.05) is 17.7 Å². The van der Waals surface area contributed by atoms with E-state index in [0.29, 0.717) is 18.0 Å². The highest BCUT2D eigenvalue weighted by Gasteiger charge is 2.09. The number of alkyl halides is 1. The number of hydrogen-bond acceptors (Lipinski definition) is 4. The number of nitrogens with zero attached hydrogens (tertiary/aromatic N) is 1. The summed E-state index contributed by atoms with van der Waals surface area (Å²) < 4.78 is 5.83. The Morgan fingerprint density at radius 1 is 1.23 bits per heavy atom. The van der Waals surface area contributed by atoms with Gasteiger partial charge in [-0.05, 0) is 31.2 Å². The van der Waals surface area contributed by atoms with Crippen LogP contribution in [0.5, 0.6) is 0 Å². The van der Waals surface area contributed by atoms with E-state index in [1.807, 2.05) is 49.4 Å². The van der Waals surface area contributed by atoms with Crippen LogP contribution in [0.1, 0.15) is 5.56 Å². The summed E-state index contributed by atoms with van der Waals surface area (Å²) in [5.41, 5.74) is 4.53. The number of benzene rings is 2. The molecule has 114 valence electrons. The average molecular weight is 317 g/mol. The highest BCUT2D eigenvalue weighted by molar-refractivity contribution is 6.18. The molecule has 0 saturated heterocycles. The van der Waals surface area contributed by atoms with Crippen molar-refractivity contribution in [2.24, 2.45) is 0 Å². The van der Waals surface area contributed by atoms with E-state index < -0.39 is 6.10 Å². The van der Waals surface area contributed by atoms with Crippen LogP contribution in [0.4, 0.5) is 5.69 Å². The van der Waals surface area contributed by atoms with Gasteiger partial charge in [0.15, 0.2) is 5.58 Å². The molecule has 0 aliphatic heterocycles. The quantitative estimate of drug-likeness (QED) is 0.703. The fourth-order valence-corrected chi connectivity index (χ4v) is 2.25. The molecule has 22 heavy (non-hydrogen) atoms. The summed E-state index contributed by atoms with van der Waals surface area (Å²) in [6.45, 7) is 2.44. The van der Waals surface area contributed by atoms with Gasteiger partial charge in [-0.25, -0.2) is 4.98 Å². The lowest BCUT2D eigenvalue weighted by atomic mass is 10.1. The topological polar surface area (TPSA) is 58.3 Å². The Morgan fingerprint density at radius 3 is 2.73 bits per heavy atom. The Morgan fingerprint density at radius 2 is 2.00 bits per heavy atom. The molecule has 1 heterocycles. The number of rotatable bonds is 5. The summed E-state index contributed by atoms with van der Waals surface area (Å²) in [4.78, 5) is 4.50. The summed E-state index contributed by atoms with van der Waals surface area (Å²) >= 11 is 5.58. The number of fused-ring (bicyclic) bond motifs is 1. The summed E-state index contributed by atoms with van der Waals surface area (Å²) in [5, 5.41) is 12.6. The fourth-order valence-electron chi connectivity index (χ4n) is 2.14. The minimum atomic E-state index is -0.574. The van der Waals surface area contributed by atoms with Crippen molar-refractivity contribution in [3.8, 4) is 11.5 Å². The lowest BCUT2D eigenvalue weighted by Gasteiger charge is -2.09. The molecule has 4 nitrogen and oxygen atoms in total. The largest absolute Gasteiger partial charge is 0.436 e. The van der Waals surface area contributed by atoms with Crippen molar-refractivity contribution in [1.29, 1.82) is 0 Å². The molecule has 0 bridgehead atoms. The molecule has 1 aromatic heterocycles. The van der Waals surface area contributed by atoms with Gasteiger partial charge in [-0.1, -0.05) is 17.7 Å². The van der Waals surface area contributed by atoms with Crippen LogP contribution in [-0.4, -0.2) is 28.6 Å². The summed E-state index contributed by atoms with van der Waals surface area (Å²) in [6.07, 6.45) is -0.574. The second kappa shape index (κ2) is 6.38. The number of hydrogen-bond donors (Lipinski definition) is 2. The van der Waals surface area contributed by atoms with E-state index in [1.54, 1.807) is 0 Å². The van der Waals surface area contributed by atoms with E-state index in [2.05, 4.69) is 10.3 Å². The average Bonchev–Trinajstić information content (AvgIpc) is 2.96. The SMILES string of the molecule is Cc1ccc(-c2nc3ccc(NCC(O)CCl)cc3o2)cc1. The molecule has 2 N–H and O–H groups in total. The van der Waals surface area contributed by atoms with E-state index in [-0.39, 0.29) is 5.88 Å². The molecular weight excluding hydrogens is 300 g/mol. The van der Waals surface area contributed by atoms with Crippen LogP contribution < -0.4 is 5.32 Å². The van der Waals surface area contributed by atoms with Crippen LogP contribution >= 0.6 is 11.6 Å². The monoisotopic (exact) mass is 316 g/mol. The van der Waals surface area contributed by atoms with E-state index >= 15 is 0 Å². The third-order valence-electron chi connectivity index (χ3n) is 3.41. The van der Waals surface area contributed by atoms with Gasteiger partial charge in [-0.2, -0.15) is 0 Å². The maximum absolute atomic E-state index is 9.48. The molecule has 1 atom stereocenters. The molecule has 3 aromatic rings. The molecule has 1 unspecified atom stereocenters. The molecular formula is C17H17ClN2O2. The number of nitrogens with one attached hydrogen (secondary N) is 1. The van der Waals surface area contributed by atoms with Crippen LogP contribution in [0.15, 0.2) is 46.9 Å². The zero-order chi connectivity index (χ0) is 15.5. The number of aliphatic hydroxyl groups is 1. The smallest absolute Gasteiger partial charge is 0.227 e. The second-order valence-electron chi connectivity index (χ2n) is 5.26. The zero-order valence-electron chi connectivity index (χ0n) is 12.2. The first-order chi connectivity index (χ1) is 10.7. The van der Waals surface area contributed by atoms with E-state index in [0.717, 1.165) is 16.8 Å². The number of oxazole rings is 1. The van der Waals surface area contributed by atoms with Gasteiger partial charge in [0.1, 0.15) is 5.52 Å². The van der Waals surface area contributed by atoms with Crippen LogP contribution in [0.2, 0.25) is 0 Å². The Kier molecular flexibility index (Phi) is 4.32. The Balaban J connectivity index is 1.85. The van der Waals surface area contributed by atoms with Gasteiger partial charge in [0.25, 0.3) is 0 Å². The lowest BCUT2D eigenvalue weighted by molar-refractivity contribution is 0.211. The summed E-state index contributed by atoms with van der Waals surface area (Å²) in [6, 6.07) is 13.7. The fraction of sp³-hybridized carbons (Fsp3) is 0.235. The van der Waals surface area contributed by atoms with Gasteiger partial charge in [0, 0.05) is 23.9 Å². The number of aliphatic hydroxyl groups excluding tert-OH is 1. The van der Waals surface area contributed by atoms with Gasteiger partial charge >= 0.3 is 0 Å². The molecule has 0 radical (unpaired) electrons. The normalized spacial score (nSPS) is 12.5. The minimum absolute atomic E-state index is 0.203. The van der Waals surface area contributed by atoms with Crippen LogP contribution in [-0.2, 0) is 0 Å². The van der Waals surface area contributed by atoms with Crippen LogP contribution in [0.3, 0.4) is 0 Å². The molecule has 0 aliphatic rings.